The minimum absolute atomic E-state index is 0.445. The maximum absolute atomic E-state index is 6.34. The fraction of sp³-hybridized carbons (Fsp3) is 0.273. The van der Waals surface area contributed by atoms with Crippen molar-refractivity contribution in [2.24, 2.45) is 0 Å². The molecule has 128 valence electrons. The summed E-state index contributed by atoms with van der Waals surface area (Å²) < 4.78 is 0. The summed E-state index contributed by atoms with van der Waals surface area (Å²) in [5, 5.41) is 4.37. The Hall–Kier alpha value is -2.03. The first-order chi connectivity index (χ1) is 12.0. The lowest BCUT2D eigenvalue weighted by Gasteiger charge is -2.29. The Kier molecular flexibility index (Phi) is 4.18. The van der Waals surface area contributed by atoms with Gasteiger partial charge in [0.2, 0.25) is 0 Å². The van der Waals surface area contributed by atoms with E-state index in [1.54, 1.807) is 0 Å². The van der Waals surface area contributed by atoms with Crippen molar-refractivity contribution in [2.75, 3.05) is 18.9 Å². The lowest BCUT2D eigenvalue weighted by Crippen LogP contribution is -2.32. The Morgan fingerprint density at radius 1 is 1.12 bits per heavy atom. The molecule has 1 N–H and O–H groups in total. The smallest absolute Gasteiger partial charge is 0.0465 e. The van der Waals surface area contributed by atoms with Gasteiger partial charge in [-0.3, -0.25) is 4.90 Å². The molecule has 2 aromatic rings. The first-order valence-electron chi connectivity index (χ1n) is 8.82. The zero-order valence-corrected chi connectivity index (χ0v) is 15.7. The molecule has 0 aromatic heterocycles. The van der Waals surface area contributed by atoms with E-state index in [1.165, 1.54) is 27.8 Å². The van der Waals surface area contributed by atoms with Crippen LogP contribution in [0.2, 0.25) is 5.02 Å². The van der Waals surface area contributed by atoms with Crippen LogP contribution in [0.5, 0.6) is 0 Å². The summed E-state index contributed by atoms with van der Waals surface area (Å²) in [6.45, 7) is 5.47. The molecule has 0 bridgehead atoms. The molecular formula is C22H23ClN2. The quantitative estimate of drug-likeness (QED) is 0.689. The number of nitrogens with zero attached hydrogens (tertiary/aromatic N) is 1. The number of allylic oxidation sites excluding steroid dienone is 1. The molecule has 2 aliphatic rings. The van der Waals surface area contributed by atoms with E-state index >= 15 is 0 Å². The van der Waals surface area contributed by atoms with Crippen molar-refractivity contribution in [1.29, 1.82) is 0 Å². The number of aryl methyl sites for hydroxylation is 1. The van der Waals surface area contributed by atoms with Crippen LogP contribution in [0.1, 0.15) is 30.0 Å². The van der Waals surface area contributed by atoms with Crippen LogP contribution in [0.15, 0.2) is 48.0 Å². The molecule has 0 saturated heterocycles. The van der Waals surface area contributed by atoms with Crippen LogP contribution in [0.4, 0.5) is 11.4 Å². The standard InChI is InChI=1S/C22H23ClN2/c1-14-4-6-21-17(10-14)12-19(16-8-9-25(3)15(2)11-16)20-13-18(23)5-7-22(20)24-21/h4-7,10-13,15,24H,8-9H2,1-3H3/t15-/m0/s1. The predicted molar refractivity (Wildman–Crippen MR) is 109 cm³/mol. The molecule has 25 heavy (non-hydrogen) atoms. The number of benzene rings is 2. The summed E-state index contributed by atoms with van der Waals surface area (Å²) in [7, 11) is 2.18. The normalized spacial score (nSPS) is 19.9. The highest BCUT2D eigenvalue weighted by Gasteiger charge is 2.22. The molecule has 4 rings (SSSR count). The van der Waals surface area contributed by atoms with Crippen molar-refractivity contribution in [2.45, 2.75) is 26.3 Å². The fourth-order valence-corrected chi connectivity index (χ4v) is 3.81. The Labute approximate surface area is 154 Å². The van der Waals surface area contributed by atoms with Crippen LogP contribution < -0.4 is 5.32 Å². The van der Waals surface area contributed by atoms with Crippen molar-refractivity contribution in [3.8, 4) is 0 Å². The van der Waals surface area contributed by atoms with E-state index in [2.05, 4.69) is 73.6 Å². The van der Waals surface area contributed by atoms with Gasteiger partial charge in [-0.05, 0) is 80.4 Å². The van der Waals surface area contributed by atoms with Gasteiger partial charge in [0.05, 0.1) is 0 Å². The Morgan fingerprint density at radius 2 is 1.92 bits per heavy atom. The van der Waals surface area contributed by atoms with E-state index in [0.29, 0.717) is 6.04 Å². The van der Waals surface area contributed by atoms with Crippen LogP contribution in [0.3, 0.4) is 0 Å². The number of halogens is 1. The number of fused-ring (bicyclic) bond motifs is 2. The average Bonchev–Trinajstić information content (AvgIpc) is 2.74. The van der Waals surface area contributed by atoms with Crippen LogP contribution in [-0.2, 0) is 0 Å². The predicted octanol–water partition coefficient (Wildman–Crippen LogP) is 5.90. The van der Waals surface area contributed by atoms with Crippen LogP contribution in [0, 0.1) is 6.92 Å². The molecule has 2 aromatic carbocycles. The number of likely N-dealkylation sites (N-methyl/N-ethyl adjacent to an activating group) is 1. The molecule has 0 aliphatic carbocycles. The number of hydrogen-bond donors (Lipinski definition) is 1. The Bertz CT molecular complexity index is 895. The minimum atomic E-state index is 0.445. The highest BCUT2D eigenvalue weighted by Crippen LogP contribution is 2.41. The minimum Gasteiger partial charge on any atom is -0.355 e. The summed E-state index contributed by atoms with van der Waals surface area (Å²) in [5.41, 5.74) is 8.64. The van der Waals surface area contributed by atoms with E-state index in [9.17, 15) is 0 Å². The van der Waals surface area contributed by atoms with E-state index in [0.717, 1.165) is 29.4 Å². The van der Waals surface area contributed by atoms with E-state index in [-0.39, 0.29) is 0 Å². The fourth-order valence-electron chi connectivity index (χ4n) is 3.63. The highest BCUT2D eigenvalue weighted by atomic mass is 35.5. The molecular weight excluding hydrogens is 328 g/mol. The Balaban J connectivity index is 1.93. The summed E-state index contributed by atoms with van der Waals surface area (Å²) in [4.78, 5) is 2.38. The van der Waals surface area contributed by atoms with Crippen molar-refractivity contribution >= 4 is 34.6 Å². The van der Waals surface area contributed by atoms with E-state index in [4.69, 9.17) is 11.6 Å². The van der Waals surface area contributed by atoms with Gasteiger partial charge in [-0.2, -0.15) is 0 Å². The zero-order valence-electron chi connectivity index (χ0n) is 14.9. The molecule has 3 heteroatoms. The number of rotatable bonds is 1. The Morgan fingerprint density at radius 3 is 2.72 bits per heavy atom. The molecule has 0 amide bonds. The molecule has 0 fully saturated rings. The molecule has 0 unspecified atom stereocenters. The highest BCUT2D eigenvalue weighted by molar-refractivity contribution is 6.31. The maximum Gasteiger partial charge on any atom is 0.0465 e. The molecule has 0 saturated carbocycles. The van der Waals surface area contributed by atoms with Crippen LogP contribution in [-0.4, -0.2) is 24.5 Å². The van der Waals surface area contributed by atoms with E-state index in [1.807, 2.05) is 6.07 Å². The van der Waals surface area contributed by atoms with Gasteiger partial charge in [-0.15, -0.1) is 0 Å². The largest absolute Gasteiger partial charge is 0.355 e. The van der Waals surface area contributed by atoms with Gasteiger partial charge in [0.1, 0.15) is 0 Å². The molecule has 2 aliphatic heterocycles. The first kappa shape index (κ1) is 16.4. The topological polar surface area (TPSA) is 15.3 Å². The van der Waals surface area contributed by atoms with Crippen molar-refractivity contribution in [3.05, 3.63) is 69.8 Å². The third kappa shape index (κ3) is 3.12. The number of hydrogen-bond acceptors (Lipinski definition) is 2. The molecule has 2 nitrogen and oxygen atoms in total. The number of anilines is 2. The van der Waals surface area contributed by atoms with Crippen molar-refractivity contribution in [1.82, 2.24) is 4.90 Å². The molecule has 0 spiro atoms. The zero-order chi connectivity index (χ0) is 17.6. The monoisotopic (exact) mass is 350 g/mol. The second kappa shape index (κ2) is 6.36. The van der Waals surface area contributed by atoms with Crippen molar-refractivity contribution in [3.63, 3.8) is 0 Å². The average molecular weight is 351 g/mol. The maximum atomic E-state index is 6.34. The van der Waals surface area contributed by atoms with Gasteiger partial charge in [0.15, 0.2) is 0 Å². The molecule has 0 radical (unpaired) electrons. The third-order valence-corrected chi connectivity index (χ3v) is 5.50. The van der Waals surface area contributed by atoms with Crippen molar-refractivity contribution < 1.29 is 0 Å². The van der Waals surface area contributed by atoms with Crippen LogP contribution >= 0.6 is 11.6 Å². The summed E-state index contributed by atoms with van der Waals surface area (Å²) in [5.74, 6) is 0. The van der Waals surface area contributed by atoms with E-state index < -0.39 is 0 Å². The molecule has 2 heterocycles. The number of nitrogens with one attached hydrogen (secondary N) is 1. The van der Waals surface area contributed by atoms with Gasteiger partial charge in [-0.25, -0.2) is 0 Å². The SMILES string of the molecule is Cc1ccc2c(c1)C=C(C1=C[C@H](C)N(C)CC1)c1cc(Cl)ccc1N2. The third-order valence-electron chi connectivity index (χ3n) is 5.27. The first-order valence-corrected chi connectivity index (χ1v) is 9.19. The molecule has 1 atom stereocenters. The second-order valence-corrected chi connectivity index (χ2v) is 7.56. The van der Waals surface area contributed by atoms with Gasteiger partial charge < -0.3 is 5.32 Å². The summed E-state index contributed by atoms with van der Waals surface area (Å²) in [6.07, 6.45) is 5.77. The van der Waals surface area contributed by atoms with Gasteiger partial charge in [0.25, 0.3) is 0 Å². The second-order valence-electron chi connectivity index (χ2n) is 7.13. The van der Waals surface area contributed by atoms with Crippen LogP contribution in [0.25, 0.3) is 11.6 Å². The van der Waals surface area contributed by atoms with Gasteiger partial charge in [-0.1, -0.05) is 29.3 Å². The summed E-state index contributed by atoms with van der Waals surface area (Å²) in [6, 6.07) is 13.1. The van der Waals surface area contributed by atoms with Gasteiger partial charge >= 0.3 is 0 Å². The summed E-state index contributed by atoms with van der Waals surface area (Å²) >= 11 is 6.34. The lowest BCUT2D eigenvalue weighted by atomic mass is 9.89. The lowest BCUT2D eigenvalue weighted by molar-refractivity contribution is 0.288. The van der Waals surface area contributed by atoms with Gasteiger partial charge in [0, 0.05) is 34.5 Å².